The van der Waals surface area contributed by atoms with Gasteiger partial charge >= 0.3 is 6.18 Å². The van der Waals surface area contributed by atoms with Gasteiger partial charge < -0.3 is 9.30 Å². The lowest BCUT2D eigenvalue weighted by molar-refractivity contribution is -0.153. The molecule has 1 aromatic heterocycles. The summed E-state index contributed by atoms with van der Waals surface area (Å²) < 4.78 is 86.7. The van der Waals surface area contributed by atoms with E-state index in [1.165, 1.54) is 17.0 Å². The van der Waals surface area contributed by atoms with Crippen LogP contribution in [-0.2, 0) is 6.54 Å². The Morgan fingerprint density at radius 1 is 1.05 bits per heavy atom. The van der Waals surface area contributed by atoms with Crippen molar-refractivity contribution in [3.05, 3.63) is 65.1 Å². The predicted molar refractivity (Wildman–Crippen MR) is 135 cm³/mol. The van der Waals surface area contributed by atoms with E-state index in [4.69, 9.17) is 4.99 Å². The van der Waals surface area contributed by atoms with Gasteiger partial charge in [0.1, 0.15) is 11.6 Å². The molecule has 0 unspecified atom stereocenters. The third kappa shape index (κ3) is 5.00. The summed E-state index contributed by atoms with van der Waals surface area (Å²) in [5, 5.41) is 0. The topological polar surface area (TPSA) is 63.0 Å². The molecule has 7 nitrogen and oxygen atoms in total. The van der Waals surface area contributed by atoms with Gasteiger partial charge in [0.15, 0.2) is 35.5 Å². The number of halogens is 6. The van der Waals surface area contributed by atoms with Gasteiger partial charge in [0.2, 0.25) is 5.96 Å². The van der Waals surface area contributed by atoms with Crippen LogP contribution in [0.1, 0.15) is 36.8 Å². The number of fused-ring (bicyclic) bond motifs is 3. The standard InChI is InChI=1S/C27H25F6N5O2/c1-4-36-25(39)22-24(38-12-20(14(2)3)34-26(36)38)37(11-15-5-7-17(28)19(30)9-15)23(35-22)16-6-8-18(29)21(10-16)40-13-27(31,32)33/h5-10,14,20H,4,11-13H2,1-3H3/t20-/m0/s1. The molecule has 1 amide bonds. The predicted octanol–water partition coefficient (Wildman–Crippen LogP) is 5.63. The molecule has 212 valence electrons. The van der Waals surface area contributed by atoms with Crippen molar-refractivity contribution in [1.29, 1.82) is 0 Å². The highest BCUT2D eigenvalue weighted by Crippen LogP contribution is 2.38. The van der Waals surface area contributed by atoms with Crippen molar-refractivity contribution in [2.24, 2.45) is 10.9 Å². The van der Waals surface area contributed by atoms with Crippen molar-refractivity contribution < 1.29 is 35.9 Å². The van der Waals surface area contributed by atoms with Crippen LogP contribution in [0.25, 0.3) is 11.4 Å². The molecule has 0 saturated heterocycles. The summed E-state index contributed by atoms with van der Waals surface area (Å²) >= 11 is 0. The molecule has 0 saturated carbocycles. The highest BCUT2D eigenvalue weighted by atomic mass is 19.4. The lowest BCUT2D eigenvalue weighted by atomic mass is 10.1. The zero-order valence-electron chi connectivity index (χ0n) is 21.8. The molecule has 3 heterocycles. The highest BCUT2D eigenvalue weighted by Gasteiger charge is 2.44. The van der Waals surface area contributed by atoms with Gasteiger partial charge in [-0.15, -0.1) is 0 Å². The summed E-state index contributed by atoms with van der Waals surface area (Å²) in [7, 11) is 0. The van der Waals surface area contributed by atoms with Crippen molar-refractivity contribution in [3.63, 3.8) is 0 Å². The quantitative estimate of drug-likeness (QED) is 0.349. The van der Waals surface area contributed by atoms with Crippen LogP contribution in [0.2, 0.25) is 0 Å². The minimum absolute atomic E-state index is 0.0462. The fourth-order valence-electron chi connectivity index (χ4n) is 4.75. The number of carbonyl (C=O) groups excluding carboxylic acids is 1. The van der Waals surface area contributed by atoms with Crippen molar-refractivity contribution in [2.45, 2.75) is 39.5 Å². The van der Waals surface area contributed by atoms with Gasteiger partial charge in [-0.05, 0) is 48.7 Å². The van der Waals surface area contributed by atoms with E-state index in [0.717, 1.165) is 24.3 Å². The number of hydrogen-bond donors (Lipinski definition) is 0. The van der Waals surface area contributed by atoms with Gasteiger partial charge in [-0.25, -0.2) is 23.1 Å². The number of imidazole rings is 1. The first-order valence-electron chi connectivity index (χ1n) is 12.6. The number of aromatic nitrogens is 2. The molecule has 5 rings (SSSR count). The summed E-state index contributed by atoms with van der Waals surface area (Å²) in [6, 6.07) is 6.50. The summed E-state index contributed by atoms with van der Waals surface area (Å²) in [6.45, 7) is 4.71. The van der Waals surface area contributed by atoms with E-state index in [9.17, 15) is 31.1 Å². The molecule has 1 atom stereocenters. The van der Waals surface area contributed by atoms with Gasteiger partial charge in [0, 0.05) is 12.1 Å². The van der Waals surface area contributed by atoms with Crippen LogP contribution in [0.3, 0.4) is 0 Å². The van der Waals surface area contributed by atoms with Gasteiger partial charge in [0.05, 0.1) is 19.1 Å². The first-order valence-corrected chi connectivity index (χ1v) is 12.6. The van der Waals surface area contributed by atoms with E-state index in [2.05, 4.69) is 9.72 Å². The number of nitrogens with zero attached hydrogens (tertiary/aromatic N) is 5. The molecule has 40 heavy (non-hydrogen) atoms. The van der Waals surface area contributed by atoms with Gasteiger partial charge in [-0.3, -0.25) is 14.6 Å². The Bertz CT molecular complexity index is 1500. The zero-order chi connectivity index (χ0) is 28.9. The fourth-order valence-corrected chi connectivity index (χ4v) is 4.75. The van der Waals surface area contributed by atoms with Gasteiger partial charge in [0.25, 0.3) is 5.91 Å². The van der Waals surface area contributed by atoms with Crippen LogP contribution in [0.5, 0.6) is 5.75 Å². The number of hydrogen-bond acceptors (Lipinski definition) is 5. The number of ether oxygens (including phenoxy) is 1. The maximum atomic E-state index is 14.4. The number of carbonyl (C=O) groups is 1. The molecule has 0 radical (unpaired) electrons. The van der Waals surface area contributed by atoms with E-state index in [1.807, 2.05) is 18.7 Å². The summed E-state index contributed by atoms with van der Waals surface area (Å²) in [5.74, 6) is -3.22. The van der Waals surface area contributed by atoms with Crippen LogP contribution in [-0.4, -0.2) is 58.2 Å². The summed E-state index contributed by atoms with van der Waals surface area (Å²) in [6.07, 6.45) is -4.69. The van der Waals surface area contributed by atoms with Gasteiger partial charge in [-0.2, -0.15) is 13.2 Å². The molecule has 2 aromatic carbocycles. The Labute approximate surface area is 225 Å². The number of guanidine groups is 1. The average Bonchev–Trinajstić information content (AvgIpc) is 3.48. The summed E-state index contributed by atoms with van der Waals surface area (Å²) in [5.41, 5.74) is 0.536. The monoisotopic (exact) mass is 565 g/mol. The number of amides is 1. The van der Waals surface area contributed by atoms with E-state index < -0.39 is 41.9 Å². The maximum absolute atomic E-state index is 14.4. The minimum atomic E-state index is -4.69. The molecule has 13 heteroatoms. The number of anilines is 1. The Balaban J connectivity index is 1.68. The van der Waals surface area contributed by atoms with Crippen LogP contribution in [0.15, 0.2) is 41.4 Å². The molecular weight excluding hydrogens is 540 g/mol. The number of alkyl halides is 3. The van der Waals surface area contributed by atoms with E-state index >= 15 is 0 Å². The minimum Gasteiger partial charge on any atom is -0.481 e. The van der Waals surface area contributed by atoms with E-state index in [-0.39, 0.29) is 35.6 Å². The molecule has 2 aliphatic rings. The highest BCUT2D eigenvalue weighted by molar-refractivity contribution is 6.18. The lowest BCUT2D eigenvalue weighted by Crippen LogP contribution is -2.50. The fraction of sp³-hybridized carbons (Fsp3) is 0.370. The van der Waals surface area contributed by atoms with Crippen molar-refractivity contribution >= 4 is 17.7 Å². The van der Waals surface area contributed by atoms with Crippen molar-refractivity contribution in [3.8, 4) is 17.1 Å². The van der Waals surface area contributed by atoms with Gasteiger partial charge in [-0.1, -0.05) is 19.9 Å². The number of rotatable bonds is 7. The Morgan fingerprint density at radius 3 is 2.42 bits per heavy atom. The molecule has 0 aliphatic carbocycles. The Kier molecular flexibility index (Phi) is 7.01. The normalized spacial score (nSPS) is 16.9. The van der Waals surface area contributed by atoms with Crippen molar-refractivity contribution in [1.82, 2.24) is 14.5 Å². The first-order chi connectivity index (χ1) is 18.9. The molecule has 2 aliphatic heterocycles. The first kappa shape index (κ1) is 27.5. The van der Waals surface area contributed by atoms with E-state index in [0.29, 0.717) is 30.4 Å². The van der Waals surface area contributed by atoms with Crippen molar-refractivity contribution in [2.75, 3.05) is 24.6 Å². The number of aliphatic imine (C=N–C) groups is 1. The molecule has 0 bridgehead atoms. The Morgan fingerprint density at radius 2 is 1.77 bits per heavy atom. The molecular formula is C27H25F6N5O2. The molecule has 0 fully saturated rings. The van der Waals surface area contributed by atoms with E-state index in [1.54, 1.807) is 11.5 Å². The summed E-state index contributed by atoms with van der Waals surface area (Å²) in [4.78, 5) is 26.2. The molecule has 0 N–H and O–H groups in total. The lowest BCUT2D eigenvalue weighted by Gasteiger charge is -2.33. The largest absolute Gasteiger partial charge is 0.481 e. The third-order valence-electron chi connectivity index (χ3n) is 6.77. The maximum Gasteiger partial charge on any atom is 0.422 e. The van der Waals surface area contributed by atoms with Crippen LogP contribution in [0, 0.1) is 23.4 Å². The molecule has 3 aromatic rings. The third-order valence-corrected chi connectivity index (χ3v) is 6.77. The SMILES string of the molecule is CCN1C(=O)c2nc(-c3ccc(F)c(OCC(F)(F)F)c3)n(Cc3ccc(F)c(F)c3)c2N2C[C@@H](C(C)C)N=C12. The second-order valence-corrected chi connectivity index (χ2v) is 9.89. The zero-order valence-corrected chi connectivity index (χ0v) is 21.8. The number of benzene rings is 2. The van der Waals surface area contributed by atoms with Crippen LogP contribution in [0.4, 0.5) is 32.2 Å². The smallest absolute Gasteiger partial charge is 0.422 e. The van der Waals surface area contributed by atoms with Crippen LogP contribution < -0.4 is 9.64 Å². The molecule has 0 spiro atoms. The van der Waals surface area contributed by atoms with Crippen LogP contribution >= 0.6 is 0 Å². The second kappa shape index (κ2) is 10.2. The average molecular weight is 566 g/mol. The second-order valence-electron chi connectivity index (χ2n) is 9.89. The Hall–Kier alpha value is -4.03.